The zero-order valence-corrected chi connectivity index (χ0v) is 19.3. The molecule has 3 heterocycles. The first-order valence-corrected chi connectivity index (χ1v) is 12.4. The van der Waals surface area contributed by atoms with Crippen LogP contribution in [0.3, 0.4) is 0 Å². The van der Waals surface area contributed by atoms with E-state index in [9.17, 15) is 4.79 Å². The standard InChI is InChI=1S/C25H40N4O2/c1-27(23-8-3-2-4-9-23)25(30)11-10-21-19-28(20-22-7-5-6-13-26-22)14-12-24(21)29-15-17-31-18-16-29/h5-7,13,21,23-24H,2-4,8-12,14-20H2,1H3/t21-,24+/m0/s1. The number of carbonyl (C=O) groups excluding carboxylic acids is 1. The van der Waals surface area contributed by atoms with Crippen LogP contribution in [0.25, 0.3) is 0 Å². The zero-order chi connectivity index (χ0) is 21.5. The fourth-order valence-corrected chi connectivity index (χ4v) is 5.79. The molecule has 6 heteroatoms. The Morgan fingerprint density at radius 1 is 1.13 bits per heavy atom. The van der Waals surface area contributed by atoms with Gasteiger partial charge in [-0.25, -0.2) is 0 Å². The number of morpholine rings is 1. The van der Waals surface area contributed by atoms with Gasteiger partial charge in [-0.15, -0.1) is 0 Å². The topological polar surface area (TPSA) is 48.9 Å². The van der Waals surface area contributed by atoms with Crippen LogP contribution in [0.15, 0.2) is 24.4 Å². The van der Waals surface area contributed by atoms with Crippen molar-refractivity contribution >= 4 is 5.91 Å². The Labute approximate surface area is 187 Å². The highest BCUT2D eigenvalue weighted by Crippen LogP contribution is 2.29. The molecule has 1 aromatic rings. The molecule has 0 unspecified atom stereocenters. The number of ether oxygens (including phenoxy) is 1. The zero-order valence-electron chi connectivity index (χ0n) is 19.3. The Hall–Kier alpha value is -1.50. The quantitative estimate of drug-likeness (QED) is 0.668. The van der Waals surface area contributed by atoms with Crippen LogP contribution >= 0.6 is 0 Å². The first kappa shape index (κ1) is 22.7. The fraction of sp³-hybridized carbons (Fsp3) is 0.760. The summed E-state index contributed by atoms with van der Waals surface area (Å²) >= 11 is 0. The smallest absolute Gasteiger partial charge is 0.222 e. The molecular formula is C25H40N4O2. The van der Waals surface area contributed by atoms with E-state index in [0.717, 1.165) is 58.1 Å². The van der Waals surface area contributed by atoms with Crippen molar-refractivity contribution in [3.63, 3.8) is 0 Å². The number of nitrogens with zero attached hydrogens (tertiary/aromatic N) is 4. The fourth-order valence-electron chi connectivity index (χ4n) is 5.79. The van der Waals surface area contributed by atoms with Crippen LogP contribution in [0.4, 0.5) is 0 Å². The minimum Gasteiger partial charge on any atom is -0.379 e. The Bertz CT molecular complexity index is 673. The summed E-state index contributed by atoms with van der Waals surface area (Å²) in [4.78, 5) is 24.8. The highest BCUT2D eigenvalue weighted by Gasteiger charge is 2.34. The molecule has 0 radical (unpaired) electrons. The first-order chi connectivity index (χ1) is 15.2. The number of aromatic nitrogens is 1. The Balaban J connectivity index is 1.36. The van der Waals surface area contributed by atoms with E-state index in [1.165, 1.54) is 38.5 Å². The van der Waals surface area contributed by atoms with Gasteiger partial charge in [-0.05, 0) is 43.7 Å². The Morgan fingerprint density at radius 3 is 2.68 bits per heavy atom. The second-order valence-corrected chi connectivity index (χ2v) is 9.66. The molecule has 0 aromatic carbocycles. The van der Waals surface area contributed by atoms with Crippen LogP contribution in [0.1, 0.15) is 57.1 Å². The molecule has 31 heavy (non-hydrogen) atoms. The minimum absolute atomic E-state index is 0.342. The maximum atomic E-state index is 13.0. The lowest BCUT2D eigenvalue weighted by molar-refractivity contribution is -0.133. The van der Waals surface area contributed by atoms with Gasteiger partial charge in [0.1, 0.15) is 0 Å². The largest absolute Gasteiger partial charge is 0.379 e. The van der Waals surface area contributed by atoms with Gasteiger partial charge in [0, 0.05) is 64.5 Å². The third-order valence-corrected chi connectivity index (χ3v) is 7.65. The van der Waals surface area contributed by atoms with E-state index in [1.54, 1.807) is 0 Å². The second kappa shape index (κ2) is 11.4. The van der Waals surface area contributed by atoms with Crippen LogP contribution in [0.2, 0.25) is 0 Å². The van der Waals surface area contributed by atoms with Crippen molar-refractivity contribution in [2.75, 3.05) is 46.4 Å². The third-order valence-electron chi connectivity index (χ3n) is 7.65. The van der Waals surface area contributed by atoms with Crippen molar-refractivity contribution < 1.29 is 9.53 Å². The summed E-state index contributed by atoms with van der Waals surface area (Å²) in [5.41, 5.74) is 1.14. The van der Waals surface area contributed by atoms with Crippen molar-refractivity contribution in [2.45, 2.75) is 70.0 Å². The summed E-state index contributed by atoms with van der Waals surface area (Å²) in [7, 11) is 2.03. The van der Waals surface area contributed by atoms with Crippen LogP contribution in [0.5, 0.6) is 0 Å². The number of likely N-dealkylation sites (tertiary alicyclic amines) is 1. The average molecular weight is 429 g/mol. The highest BCUT2D eigenvalue weighted by atomic mass is 16.5. The second-order valence-electron chi connectivity index (χ2n) is 9.66. The molecule has 172 valence electrons. The predicted molar refractivity (Wildman–Crippen MR) is 123 cm³/mol. The van der Waals surface area contributed by atoms with Gasteiger partial charge >= 0.3 is 0 Å². The number of piperidine rings is 1. The molecule has 1 saturated carbocycles. The molecule has 2 saturated heterocycles. The van der Waals surface area contributed by atoms with Gasteiger partial charge in [0.05, 0.1) is 18.9 Å². The molecule has 1 aromatic heterocycles. The monoisotopic (exact) mass is 428 g/mol. The maximum absolute atomic E-state index is 13.0. The summed E-state index contributed by atoms with van der Waals surface area (Å²) in [5.74, 6) is 0.869. The molecule has 3 aliphatic rings. The van der Waals surface area contributed by atoms with Gasteiger partial charge in [-0.3, -0.25) is 19.6 Å². The summed E-state index contributed by atoms with van der Waals surface area (Å²) < 4.78 is 5.60. The van der Waals surface area contributed by atoms with Crippen molar-refractivity contribution in [3.8, 4) is 0 Å². The van der Waals surface area contributed by atoms with Crippen molar-refractivity contribution in [2.24, 2.45) is 5.92 Å². The third kappa shape index (κ3) is 6.27. The number of carbonyl (C=O) groups is 1. The summed E-state index contributed by atoms with van der Waals surface area (Å²) in [6.45, 7) is 6.79. The van der Waals surface area contributed by atoms with E-state index in [1.807, 2.05) is 19.3 Å². The van der Waals surface area contributed by atoms with Gasteiger partial charge in [0.25, 0.3) is 0 Å². The molecular weight excluding hydrogens is 388 g/mol. The predicted octanol–water partition coefficient (Wildman–Crippen LogP) is 3.18. The Kier molecular flexibility index (Phi) is 8.34. The molecule has 0 spiro atoms. The Morgan fingerprint density at radius 2 is 1.94 bits per heavy atom. The lowest BCUT2D eigenvalue weighted by Crippen LogP contribution is -2.54. The van der Waals surface area contributed by atoms with Gasteiger partial charge in [0.15, 0.2) is 0 Å². The van der Waals surface area contributed by atoms with Crippen LogP contribution in [0, 0.1) is 5.92 Å². The maximum Gasteiger partial charge on any atom is 0.222 e. The molecule has 0 bridgehead atoms. The van der Waals surface area contributed by atoms with Crippen molar-refractivity contribution in [1.82, 2.24) is 19.7 Å². The lowest BCUT2D eigenvalue weighted by Gasteiger charge is -2.45. The van der Waals surface area contributed by atoms with Crippen molar-refractivity contribution in [1.29, 1.82) is 0 Å². The van der Waals surface area contributed by atoms with Crippen LogP contribution in [-0.2, 0) is 16.1 Å². The van der Waals surface area contributed by atoms with Gasteiger partial charge in [-0.1, -0.05) is 25.3 Å². The SMILES string of the molecule is CN(C(=O)CC[C@H]1CN(Cc2ccccn2)CC[C@H]1N1CCOCC1)C1CCCCC1. The summed E-state index contributed by atoms with van der Waals surface area (Å²) in [5, 5.41) is 0. The summed E-state index contributed by atoms with van der Waals surface area (Å²) in [6.07, 6.45) is 10.9. The summed E-state index contributed by atoms with van der Waals surface area (Å²) in [6, 6.07) is 7.19. The highest BCUT2D eigenvalue weighted by molar-refractivity contribution is 5.76. The molecule has 0 N–H and O–H groups in total. The van der Waals surface area contributed by atoms with E-state index in [-0.39, 0.29) is 0 Å². The number of amides is 1. The minimum atomic E-state index is 0.342. The molecule has 1 aliphatic carbocycles. The van der Waals surface area contributed by atoms with Crippen LogP contribution < -0.4 is 0 Å². The lowest BCUT2D eigenvalue weighted by atomic mass is 9.86. The molecule has 6 nitrogen and oxygen atoms in total. The van der Waals surface area contributed by atoms with E-state index in [2.05, 4.69) is 31.8 Å². The van der Waals surface area contributed by atoms with Crippen LogP contribution in [-0.4, -0.2) is 84.1 Å². The number of hydrogen-bond acceptors (Lipinski definition) is 5. The first-order valence-electron chi connectivity index (χ1n) is 12.4. The van der Waals surface area contributed by atoms with Gasteiger partial charge < -0.3 is 9.64 Å². The van der Waals surface area contributed by atoms with E-state index in [0.29, 0.717) is 30.3 Å². The number of hydrogen-bond donors (Lipinski definition) is 0. The molecule has 4 rings (SSSR count). The number of rotatable bonds is 7. The van der Waals surface area contributed by atoms with E-state index < -0.39 is 0 Å². The molecule has 2 aliphatic heterocycles. The van der Waals surface area contributed by atoms with Gasteiger partial charge in [0.2, 0.25) is 5.91 Å². The van der Waals surface area contributed by atoms with Gasteiger partial charge in [-0.2, -0.15) is 0 Å². The average Bonchev–Trinajstić information content (AvgIpc) is 2.84. The van der Waals surface area contributed by atoms with E-state index in [4.69, 9.17) is 4.74 Å². The molecule has 3 fully saturated rings. The van der Waals surface area contributed by atoms with E-state index >= 15 is 0 Å². The van der Waals surface area contributed by atoms with Crippen molar-refractivity contribution in [3.05, 3.63) is 30.1 Å². The molecule has 2 atom stereocenters. The normalized spacial score (nSPS) is 26.6. The number of pyridine rings is 1. The molecule has 1 amide bonds.